The Morgan fingerprint density at radius 3 is 2.06 bits per heavy atom. The minimum atomic E-state index is -3.10. The molecule has 94 valence electrons. The van der Waals surface area contributed by atoms with E-state index in [2.05, 4.69) is 0 Å². The largest absolute Gasteiger partial charge is 0.508 e. The maximum absolute atomic E-state index is 13.9. The van der Waals surface area contributed by atoms with Crippen molar-refractivity contribution in [3.8, 4) is 22.6 Å². The van der Waals surface area contributed by atoms with Gasteiger partial charge < -0.3 is 10.2 Å². The van der Waals surface area contributed by atoms with Crippen LogP contribution in [0.15, 0.2) is 36.4 Å². The van der Waals surface area contributed by atoms with E-state index in [4.69, 9.17) is 5.11 Å². The van der Waals surface area contributed by atoms with Crippen molar-refractivity contribution in [2.24, 2.45) is 0 Å². The molecule has 0 aliphatic heterocycles. The number of aromatic hydroxyl groups is 2. The molecule has 0 unspecified atom stereocenters. The lowest BCUT2D eigenvalue weighted by atomic mass is 10.0. The number of benzene rings is 2. The molecule has 0 saturated carbocycles. The molecule has 0 spiro atoms. The Labute approximate surface area is 101 Å². The second kappa shape index (κ2) is 4.60. The van der Waals surface area contributed by atoms with Crippen LogP contribution in [0.3, 0.4) is 0 Å². The van der Waals surface area contributed by atoms with Crippen LogP contribution in [0.5, 0.6) is 11.5 Å². The Morgan fingerprint density at radius 2 is 1.50 bits per heavy atom. The van der Waals surface area contributed by atoms with Crippen molar-refractivity contribution in [2.75, 3.05) is 0 Å². The van der Waals surface area contributed by atoms with Crippen molar-refractivity contribution in [3.63, 3.8) is 0 Å². The quantitative estimate of drug-likeness (QED) is 0.854. The molecule has 0 fully saturated rings. The van der Waals surface area contributed by atoms with Crippen LogP contribution in [-0.2, 0) is 0 Å². The number of hydrogen-bond acceptors (Lipinski definition) is 2. The van der Waals surface area contributed by atoms with Crippen LogP contribution in [0.1, 0.15) is 12.0 Å². The van der Waals surface area contributed by atoms with Gasteiger partial charge in [0.1, 0.15) is 17.3 Å². The lowest BCUT2D eigenvalue weighted by Crippen LogP contribution is -1.95. The molecular weight excluding hydrogens is 245 g/mol. The molecular formula is C13H9F3O2. The third-order valence-corrected chi connectivity index (χ3v) is 2.55. The number of halogens is 3. The zero-order chi connectivity index (χ0) is 13.3. The van der Waals surface area contributed by atoms with E-state index in [0.717, 1.165) is 6.07 Å². The van der Waals surface area contributed by atoms with Gasteiger partial charge in [-0.15, -0.1) is 0 Å². The minimum absolute atomic E-state index is 0.00739. The summed E-state index contributed by atoms with van der Waals surface area (Å²) in [5, 5.41) is 18.3. The van der Waals surface area contributed by atoms with E-state index in [1.165, 1.54) is 30.3 Å². The van der Waals surface area contributed by atoms with E-state index in [9.17, 15) is 18.3 Å². The van der Waals surface area contributed by atoms with Crippen LogP contribution in [-0.4, -0.2) is 10.2 Å². The second-order valence-electron chi connectivity index (χ2n) is 3.71. The van der Waals surface area contributed by atoms with Gasteiger partial charge in [0.05, 0.1) is 5.56 Å². The molecule has 2 nitrogen and oxygen atoms in total. The molecule has 18 heavy (non-hydrogen) atoms. The van der Waals surface area contributed by atoms with Crippen LogP contribution < -0.4 is 0 Å². The Bertz CT molecular complexity index is 565. The third kappa shape index (κ3) is 2.11. The molecule has 0 aliphatic rings. The van der Waals surface area contributed by atoms with E-state index < -0.39 is 23.6 Å². The number of phenolic OH excluding ortho intramolecular Hbond substituents is 2. The first-order valence-corrected chi connectivity index (χ1v) is 5.09. The molecule has 0 heterocycles. The van der Waals surface area contributed by atoms with Gasteiger partial charge in [0.15, 0.2) is 0 Å². The van der Waals surface area contributed by atoms with Crippen LogP contribution in [0.25, 0.3) is 11.1 Å². The van der Waals surface area contributed by atoms with Crippen molar-refractivity contribution in [2.45, 2.75) is 6.43 Å². The summed E-state index contributed by atoms with van der Waals surface area (Å²) in [5.74, 6) is -1.94. The highest BCUT2D eigenvalue weighted by Crippen LogP contribution is 2.36. The number of hydrogen-bond donors (Lipinski definition) is 2. The van der Waals surface area contributed by atoms with Crippen LogP contribution >= 0.6 is 0 Å². The molecule has 0 radical (unpaired) electrons. The molecule has 2 aromatic carbocycles. The average molecular weight is 254 g/mol. The van der Waals surface area contributed by atoms with Crippen LogP contribution in [0.4, 0.5) is 13.2 Å². The number of phenols is 2. The Kier molecular flexibility index (Phi) is 3.14. The SMILES string of the molecule is Oc1ccc(-c2ccc(O)c(C(F)F)c2F)cc1. The molecule has 0 amide bonds. The lowest BCUT2D eigenvalue weighted by molar-refractivity contribution is 0.142. The summed E-state index contributed by atoms with van der Waals surface area (Å²) in [4.78, 5) is 0. The van der Waals surface area contributed by atoms with Crippen LogP contribution in [0.2, 0.25) is 0 Å². The van der Waals surface area contributed by atoms with E-state index in [-0.39, 0.29) is 11.3 Å². The fraction of sp³-hybridized carbons (Fsp3) is 0.0769. The maximum Gasteiger partial charge on any atom is 0.270 e. The molecule has 0 bridgehead atoms. The van der Waals surface area contributed by atoms with Crippen molar-refractivity contribution < 1.29 is 23.4 Å². The predicted molar refractivity (Wildman–Crippen MR) is 60.1 cm³/mol. The van der Waals surface area contributed by atoms with Crippen molar-refractivity contribution in [1.29, 1.82) is 0 Å². The zero-order valence-corrected chi connectivity index (χ0v) is 9.07. The summed E-state index contributed by atoms with van der Waals surface area (Å²) < 4.78 is 39.1. The van der Waals surface area contributed by atoms with Crippen molar-refractivity contribution in [3.05, 3.63) is 47.8 Å². The molecule has 0 aliphatic carbocycles. The molecule has 0 atom stereocenters. The van der Waals surface area contributed by atoms with Crippen LogP contribution in [0, 0.1) is 5.82 Å². The third-order valence-electron chi connectivity index (χ3n) is 2.55. The fourth-order valence-corrected chi connectivity index (χ4v) is 1.65. The summed E-state index contributed by atoms with van der Waals surface area (Å²) in [6, 6.07) is 7.68. The standard InChI is InChI=1S/C13H9F3O2/c14-12-9(7-1-3-8(17)4-2-7)5-6-10(18)11(12)13(15)16/h1-6,13,17-18H. The van der Waals surface area contributed by atoms with Crippen molar-refractivity contribution >= 4 is 0 Å². The summed E-state index contributed by atoms with van der Waals surface area (Å²) >= 11 is 0. The first kappa shape index (κ1) is 12.3. The highest BCUT2D eigenvalue weighted by molar-refractivity contribution is 5.67. The van der Waals surface area contributed by atoms with E-state index >= 15 is 0 Å². The first-order chi connectivity index (χ1) is 8.50. The normalized spacial score (nSPS) is 10.9. The van der Waals surface area contributed by atoms with Crippen molar-refractivity contribution in [1.82, 2.24) is 0 Å². The highest BCUT2D eigenvalue weighted by atomic mass is 19.3. The van der Waals surface area contributed by atoms with Gasteiger partial charge in [0.25, 0.3) is 6.43 Å². The van der Waals surface area contributed by atoms with Gasteiger partial charge in [0, 0.05) is 5.56 Å². The molecule has 2 rings (SSSR count). The Morgan fingerprint density at radius 1 is 0.889 bits per heavy atom. The highest BCUT2D eigenvalue weighted by Gasteiger charge is 2.21. The van der Waals surface area contributed by atoms with E-state index in [0.29, 0.717) is 5.56 Å². The van der Waals surface area contributed by atoms with E-state index in [1.54, 1.807) is 0 Å². The van der Waals surface area contributed by atoms with Gasteiger partial charge in [-0.25, -0.2) is 13.2 Å². The molecule has 2 N–H and O–H groups in total. The molecule has 0 aromatic heterocycles. The van der Waals surface area contributed by atoms with Gasteiger partial charge in [0.2, 0.25) is 0 Å². The zero-order valence-electron chi connectivity index (χ0n) is 9.07. The molecule has 2 aromatic rings. The molecule has 0 saturated heterocycles. The predicted octanol–water partition coefficient (Wildman–Crippen LogP) is 3.84. The van der Waals surface area contributed by atoms with Gasteiger partial charge in [-0.2, -0.15) is 0 Å². The number of rotatable bonds is 2. The topological polar surface area (TPSA) is 40.5 Å². The smallest absolute Gasteiger partial charge is 0.270 e. The van der Waals surface area contributed by atoms with Gasteiger partial charge in [-0.05, 0) is 29.8 Å². The average Bonchev–Trinajstić information content (AvgIpc) is 2.30. The van der Waals surface area contributed by atoms with Gasteiger partial charge in [-0.3, -0.25) is 0 Å². The molecule has 5 heteroatoms. The Balaban J connectivity index is 2.59. The Hall–Kier alpha value is -2.17. The summed E-state index contributed by atoms with van der Waals surface area (Å²) in [7, 11) is 0. The summed E-state index contributed by atoms with van der Waals surface area (Å²) in [5.41, 5.74) is -0.726. The summed E-state index contributed by atoms with van der Waals surface area (Å²) in [6.07, 6.45) is -3.10. The second-order valence-corrected chi connectivity index (χ2v) is 3.71. The maximum atomic E-state index is 13.9. The van der Waals surface area contributed by atoms with Gasteiger partial charge >= 0.3 is 0 Å². The summed E-state index contributed by atoms with van der Waals surface area (Å²) in [6.45, 7) is 0. The lowest BCUT2D eigenvalue weighted by Gasteiger charge is -2.10. The minimum Gasteiger partial charge on any atom is -0.508 e. The monoisotopic (exact) mass is 254 g/mol. The number of alkyl halides is 2. The van der Waals surface area contributed by atoms with E-state index in [1.807, 2.05) is 0 Å². The fourth-order valence-electron chi connectivity index (χ4n) is 1.65. The first-order valence-electron chi connectivity index (χ1n) is 5.09. The van der Waals surface area contributed by atoms with Gasteiger partial charge in [-0.1, -0.05) is 12.1 Å².